The highest BCUT2D eigenvalue weighted by atomic mass is 15.0. The Labute approximate surface area is 138 Å². The molecule has 0 aromatic carbocycles. The van der Waals surface area contributed by atoms with E-state index >= 15 is 0 Å². The van der Waals surface area contributed by atoms with Crippen LogP contribution >= 0.6 is 0 Å². The summed E-state index contributed by atoms with van der Waals surface area (Å²) in [6, 6.07) is 0.729. The molecule has 0 heterocycles. The van der Waals surface area contributed by atoms with Crippen molar-refractivity contribution in [1.29, 1.82) is 0 Å². The SMILES string of the molecule is CCNCCCNCC1C(NCCCNCC)CC[C@H]1CC. The molecule has 3 atom stereocenters. The van der Waals surface area contributed by atoms with Crippen molar-refractivity contribution in [1.82, 2.24) is 21.3 Å². The van der Waals surface area contributed by atoms with E-state index in [-0.39, 0.29) is 0 Å². The van der Waals surface area contributed by atoms with Crippen LogP contribution in [-0.2, 0) is 0 Å². The summed E-state index contributed by atoms with van der Waals surface area (Å²) >= 11 is 0. The molecule has 0 amide bonds. The molecular weight excluding hydrogens is 272 g/mol. The van der Waals surface area contributed by atoms with Crippen LogP contribution in [0.2, 0.25) is 0 Å². The predicted octanol–water partition coefficient (Wildman–Crippen LogP) is 1.97. The van der Waals surface area contributed by atoms with E-state index in [1.165, 1.54) is 38.6 Å². The number of rotatable bonds is 14. The van der Waals surface area contributed by atoms with Gasteiger partial charge >= 0.3 is 0 Å². The van der Waals surface area contributed by atoms with Gasteiger partial charge in [-0.3, -0.25) is 0 Å². The summed E-state index contributed by atoms with van der Waals surface area (Å²) in [7, 11) is 0. The molecule has 132 valence electrons. The molecule has 4 heteroatoms. The summed E-state index contributed by atoms with van der Waals surface area (Å²) in [6.07, 6.45) is 6.58. The van der Waals surface area contributed by atoms with E-state index in [4.69, 9.17) is 0 Å². The summed E-state index contributed by atoms with van der Waals surface area (Å²) in [5.74, 6) is 1.73. The Hall–Kier alpha value is -0.160. The number of nitrogens with one attached hydrogen (secondary N) is 4. The fraction of sp³-hybridized carbons (Fsp3) is 1.00. The standard InChI is InChI=1S/C18H40N4/c1-4-16-9-10-18(22-14-8-12-20-6-3)17(16)15-21-13-7-11-19-5-2/h16-22H,4-15H2,1-3H3/t16-,17?,18?/m1/s1. The molecule has 0 aliphatic heterocycles. The highest BCUT2D eigenvalue weighted by Crippen LogP contribution is 2.33. The Morgan fingerprint density at radius 3 is 2.05 bits per heavy atom. The van der Waals surface area contributed by atoms with Gasteiger partial charge in [-0.15, -0.1) is 0 Å². The van der Waals surface area contributed by atoms with Crippen LogP contribution < -0.4 is 21.3 Å². The fourth-order valence-electron chi connectivity index (χ4n) is 3.68. The second-order valence-corrected chi connectivity index (χ2v) is 6.59. The van der Waals surface area contributed by atoms with Crippen LogP contribution in [0.15, 0.2) is 0 Å². The maximum absolute atomic E-state index is 3.82. The molecule has 1 aliphatic carbocycles. The van der Waals surface area contributed by atoms with Crippen LogP contribution in [0.25, 0.3) is 0 Å². The van der Waals surface area contributed by atoms with E-state index in [1.807, 2.05) is 0 Å². The zero-order valence-electron chi connectivity index (χ0n) is 15.2. The summed E-state index contributed by atoms with van der Waals surface area (Å²) < 4.78 is 0. The molecule has 0 aromatic heterocycles. The van der Waals surface area contributed by atoms with Crippen LogP contribution in [0.3, 0.4) is 0 Å². The zero-order chi connectivity index (χ0) is 16.0. The second-order valence-electron chi connectivity index (χ2n) is 6.59. The van der Waals surface area contributed by atoms with E-state index in [2.05, 4.69) is 42.0 Å². The van der Waals surface area contributed by atoms with Crippen molar-refractivity contribution >= 4 is 0 Å². The third-order valence-electron chi connectivity index (χ3n) is 5.02. The normalized spacial score (nSPS) is 25.0. The highest BCUT2D eigenvalue weighted by molar-refractivity contribution is 4.90. The smallest absolute Gasteiger partial charge is 0.0110 e. The van der Waals surface area contributed by atoms with Crippen molar-refractivity contribution in [3.63, 3.8) is 0 Å². The summed E-state index contributed by atoms with van der Waals surface area (Å²) in [4.78, 5) is 0. The van der Waals surface area contributed by atoms with Gasteiger partial charge in [0.25, 0.3) is 0 Å². The molecule has 1 saturated carbocycles. The molecule has 0 aromatic rings. The van der Waals surface area contributed by atoms with Gasteiger partial charge in [0.15, 0.2) is 0 Å². The van der Waals surface area contributed by atoms with Crippen molar-refractivity contribution in [2.24, 2.45) is 11.8 Å². The van der Waals surface area contributed by atoms with E-state index < -0.39 is 0 Å². The molecule has 1 fully saturated rings. The molecule has 1 aliphatic rings. The molecule has 1 rings (SSSR count). The van der Waals surface area contributed by atoms with E-state index in [0.29, 0.717) is 0 Å². The zero-order valence-corrected chi connectivity index (χ0v) is 15.2. The predicted molar refractivity (Wildman–Crippen MR) is 97.5 cm³/mol. The lowest BCUT2D eigenvalue weighted by atomic mass is 9.91. The number of hydrogen-bond acceptors (Lipinski definition) is 4. The van der Waals surface area contributed by atoms with E-state index in [9.17, 15) is 0 Å². The molecule has 0 saturated heterocycles. The first-order valence-corrected chi connectivity index (χ1v) is 9.68. The lowest BCUT2D eigenvalue weighted by Crippen LogP contribution is -2.41. The third-order valence-corrected chi connectivity index (χ3v) is 5.02. The lowest BCUT2D eigenvalue weighted by Gasteiger charge is -2.26. The van der Waals surface area contributed by atoms with Gasteiger partial charge in [-0.05, 0) is 83.3 Å². The van der Waals surface area contributed by atoms with Gasteiger partial charge in [-0.1, -0.05) is 27.2 Å². The van der Waals surface area contributed by atoms with Crippen LogP contribution in [-0.4, -0.2) is 51.9 Å². The topological polar surface area (TPSA) is 48.1 Å². The van der Waals surface area contributed by atoms with E-state index in [0.717, 1.165) is 57.1 Å². The Bertz CT molecular complexity index is 247. The first kappa shape index (κ1) is 19.9. The minimum atomic E-state index is 0.729. The van der Waals surface area contributed by atoms with Gasteiger partial charge in [0, 0.05) is 6.04 Å². The minimum Gasteiger partial charge on any atom is -0.317 e. The average molecular weight is 313 g/mol. The summed E-state index contributed by atoms with van der Waals surface area (Å²) in [5.41, 5.74) is 0. The molecule has 0 spiro atoms. The van der Waals surface area contributed by atoms with Crippen LogP contribution in [0, 0.1) is 11.8 Å². The molecule has 0 radical (unpaired) electrons. The number of hydrogen-bond donors (Lipinski definition) is 4. The average Bonchev–Trinajstić information content (AvgIpc) is 2.92. The summed E-state index contributed by atoms with van der Waals surface area (Å²) in [6.45, 7) is 14.6. The van der Waals surface area contributed by atoms with Gasteiger partial charge in [-0.2, -0.15) is 0 Å². The Balaban J connectivity index is 2.19. The second kappa shape index (κ2) is 13.3. The van der Waals surface area contributed by atoms with Gasteiger partial charge in [0.2, 0.25) is 0 Å². The van der Waals surface area contributed by atoms with Crippen molar-refractivity contribution in [2.45, 2.75) is 58.9 Å². The Kier molecular flexibility index (Phi) is 12.0. The third kappa shape index (κ3) is 7.91. The maximum Gasteiger partial charge on any atom is 0.0110 e. The Morgan fingerprint density at radius 1 is 0.773 bits per heavy atom. The molecular formula is C18H40N4. The monoisotopic (exact) mass is 312 g/mol. The molecule has 22 heavy (non-hydrogen) atoms. The molecule has 0 bridgehead atoms. The molecule has 2 unspecified atom stereocenters. The molecule has 4 N–H and O–H groups in total. The minimum absolute atomic E-state index is 0.729. The van der Waals surface area contributed by atoms with Crippen LogP contribution in [0.4, 0.5) is 0 Å². The van der Waals surface area contributed by atoms with Crippen molar-refractivity contribution in [2.75, 3.05) is 45.8 Å². The molecule has 4 nitrogen and oxygen atoms in total. The quantitative estimate of drug-likeness (QED) is 0.370. The van der Waals surface area contributed by atoms with Crippen LogP contribution in [0.5, 0.6) is 0 Å². The van der Waals surface area contributed by atoms with Gasteiger partial charge in [0.05, 0.1) is 0 Å². The Morgan fingerprint density at radius 2 is 1.41 bits per heavy atom. The fourth-order valence-corrected chi connectivity index (χ4v) is 3.68. The van der Waals surface area contributed by atoms with Gasteiger partial charge in [-0.25, -0.2) is 0 Å². The lowest BCUT2D eigenvalue weighted by molar-refractivity contribution is 0.304. The first-order valence-electron chi connectivity index (χ1n) is 9.68. The van der Waals surface area contributed by atoms with Crippen molar-refractivity contribution < 1.29 is 0 Å². The largest absolute Gasteiger partial charge is 0.317 e. The van der Waals surface area contributed by atoms with Crippen molar-refractivity contribution in [3.8, 4) is 0 Å². The van der Waals surface area contributed by atoms with Crippen LogP contribution in [0.1, 0.15) is 52.9 Å². The first-order chi connectivity index (χ1) is 10.8. The summed E-state index contributed by atoms with van der Waals surface area (Å²) in [5, 5.41) is 14.3. The van der Waals surface area contributed by atoms with Gasteiger partial charge < -0.3 is 21.3 Å². The van der Waals surface area contributed by atoms with Gasteiger partial charge in [0.1, 0.15) is 0 Å². The van der Waals surface area contributed by atoms with Crippen molar-refractivity contribution in [3.05, 3.63) is 0 Å². The highest BCUT2D eigenvalue weighted by Gasteiger charge is 2.33. The van der Waals surface area contributed by atoms with E-state index in [1.54, 1.807) is 0 Å². The maximum atomic E-state index is 3.82.